The van der Waals surface area contributed by atoms with Crippen LogP contribution in [0.5, 0.6) is 5.75 Å². The van der Waals surface area contributed by atoms with Crippen LogP contribution in [0.3, 0.4) is 0 Å². The first-order valence-corrected chi connectivity index (χ1v) is 7.07. The van der Waals surface area contributed by atoms with Gasteiger partial charge in [-0.2, -0.15) is 0 Å². The third kappa shape index (κ3) is 6.85. The van der Waals surface area contributed by atoms with Crippen molar-refractivity contribution in [3.63, 3.8) is 0 Å². The zero-order valence-corrected chi connectivity index (χ0v) is 12.1. The smallest absolute Gasteiger partial charge is 0.118 e. The molecule has 0 saturated carbocycles. The molecule has 19 heavy (non-hydrogen) atoms. The van der Waals surface area contributed by atoms with Crippen LogP contribution in [-0.4, -0.2) is 12.9 Å². The molecule has 0 aromatic heterocycles. The minimum Gasteiger partial charge on any atom is -0.497 e. The fourth-order valence-corrected chi connectivity index (χ4v) is 2.16. The molecule has 0 radical (unpaired) electrons. The van der Waals surface area contributed by atoms with Crippen molar-refractivity contribution >= 4 is 5.84 Å². The van der Waals surface area contributed by atoms with Crippen LogP contribution in [0, 0.1) is 11.3 Å². The maximum absolute atomic E-state index is 7.17. The lowest BCUT2D eigenvalue weighted by molar-refractivity contribution is 0.414. The lowest BCUT2D eigenvalue weighted by Gasteiger charge is -2.11. The van der Waals surface area contributed by atoms with Gasteiger partial charge in [-0.1, -0.05) is 31.9 Å². The second-order valence-electron chi connectivity index (χ2n) is 5.26. The normalized spacial score (nSPS) is 12.1. The van der Waals surface area contributed by atoms with E-state index in [1.807, 2.05) is 12.1 Å². The van der Waals surface area contributed by atoms with Gasteiger partial charge in [0.2, 0.25) is 0 Å². The summed E-state index contributed by atoms with van der Waals surface area (Å²) in [6, 6.07) is 8.32. The summed E-state index contributed by atoms with van der Waals surface area (Å²) in [4.78, 5) is 0. The van der Waals surface area contributed by atoms with Crippen LogP contribution in [0.4, 0.5) is 0 Å². The van der Waals surface area contributed by atoms with Crippen molar-refractivity contribution in [2.75, 3.05) is 7.11 Å². The number of nitrogens with two attached hydrogens (primary N) is 1. The van der Waals surface area contributed by atoms with Crippen molar-refractivity contribution < 1.29 is 4.74 Å². The number of amidine groups is 1. The van der Waals surface area contributed by atoms with Crippen molar-refractivity contribution in [3.05, 3.63) is 29.8 Å². The minimum atomic E-state index is 0.311. The fourth-order valence-electron chi connectivity index (χ4n) is 2.16. The molecule has 1 aromatic rings. The van der Waals surface area contributed by atoms with E-state index in [9.17, 15) is 0 Å². The Kier molecular flexibility index (Phi) is 7.01. The third-order valence-electron chi connectivity index (χ3n) is 3.48. The summed E-state index contributed by atoms with van der Waals surface area (Å²) in [5.74, 6) is 1.96. The molecule has 0 fully saturated rings. The predicted octanol–water partition coefficient (Wildman–Crippen LogP) is 3.76. The first-order valence-electron chi connectivity index (χ1n) is 7.07. The number of rotatable bonds is 9. The number of nitrogens with one attached hydrogen (secondary N) is 1. The number of benzene rings is 1. The Morgan fingerprint density at radius 1 is 1.21 bits per heavy atom. The maximum Gasteiger partial charge on any atom is 0.118 e. The highest BCUT2D eigenvalue weighted by Gasteiger charge is 2.03. The van der Waals surface area contributed by atoms with E-state index in [1.165, 1.54) is 24.8 Å². The van der Waals surface area contributed by atoms with E-state index in [0.717, 1.165) is 30.9 Å². The highest BCUT2D eigenvalue weighted by atomic mass is 16.5. The Labute approximate surface area is 116 Å². The number of hydrogen-bond acceptors (Lipinski definition) is 2. The largest absolute Gasteiger partial charge is 0.497 e. The van der Waals surface area contributed by atoms with E-state index in [2.05, 4.69) is 19.1 Å². The first-order chi connectivity index (χ1) is 9.11. The number of methoxy groups -OCH3 is 1. The lowest BCUT2D eigenvalue weighted by atomic mass is 9.95. The third-order valence-corrected chi connectivity index (χ3v) is 3.48. The van der Waals surface area contributed by atoms with Crippen LogP contribution in [0.25, 0.3) is 0 Å². The Morgan fingerprint density at radius 3 is 2.47 bits per heavy atom. The predicted molar refractivity (Wildman–Crippen MR) is 80.9 cm³/mol. The van der Waals surface area contributed by atoms with Crippen LogP contribution in [0.15, 0.2) is 24.3 Å². The van der Waals surface area contributed by atoms with Crippen molar-refractivity contribution in [2.24, 2.45) is 11.7 Å². The summed E-state index contributed by atoms with van der Waals surface area (Å²) in [5.41, 5.74) is 6.71. The first kappa shape index (κ1) is 15.5. The molecular formula is C16H26N2O. The van der Waals surface area contributed by atoms with Crippen LogP contribution in [0.2, 0.25) is 0 Å². The Balaban J connectivity index is 2.18. The molecule has 0 saturated heterocycles. The monoisotopic (exact) mass is 262 g/mol. The van der Waals surface area contributed by atoms with Crippen LogP contribution < -0.4 is 10.5 Å². The quantitative estimate of drug-likeness (QED) is 0.404. The molecule has 1 unspecified atom stereocenters. The van der Waals surface area contributed by atoms with Gasteiger partial charge in [0.1, 0.15) is 5.75 Å². The standard InChI is InChI=1S/C16H26N2O/c1-13(5-3-4-6-16(17)18)7-8-14-9-11-15(19-2)12-10-14/h9-13H,3-8H2,1-2H3,(H3,17,18). The molecule has 0 heterocycles. The van der Waals surface area contributed by atoms with Gasteiger partial charge in [-0.25, -0.2) is 0 Å². The molecule has 0 aliphatic carbocycles. The molecule has 0 bridgehead atoms. The van der Waals surface area contributed by atoms with Gasteiger partial charge in [0.05, 0.1) is 12.9 Å². The molecule has 1 rings (SSSR count). The van der Waals surface area contributed by atoms with Crippen molar-refractivity contribution in [1.29, 1.82) is 5.41 Å². The second kappa shape index (κ2) is 8.57. The average Bonchev–Trinajstić information content (AvgIpc) is 2.41. The molecule has 0 aliphatic heterocycles. The summed E-state index contributed by atoms with van der Waals surface area (Å²) >= 11 is 0. The van der Waals surface area contributed by atoms with Crippen LogP contribution in [0.1, 0.15) is 44.6 Å². The summed E-state index contributed by atoms with van der Waals surface area (Å²) in [5, 5.41) is 7.17. The van der Waals surface area contributed by atoms with Gasteiger partial charge in [-0.15, -0.1) is 0 Å². The number of aryl methyl sites for hydroxylation is 1. The molecule has 3 heteroatoms. The molecule has 0 spiro atoms. The van der Waals surface area contributed by atoms with Gasteiger partial charge in [-0.3, -0.25) is 5.41 Å². The van der Waals surface area contributed by atoms with Crippen LogP contribution in [-0.2, 0) is 6.42 Å². The van der Waals surface area contributed by atoms with Crippen molar-refractivity contribution in [1.82, 2.24) is 0 Å². The fraction of sp³-hybridized carbons (Fsp3) is 0.562. The van der Waals surface area contributed by atoms with E-state index in [0.29, 0.717) is 5.84 Å². The number of ether oxygens (including phenoxy) is 1. The second-order valence-corrected chi connectivity index (χ2v) is 5.26. The van der Waals surface area contributed by atoms with E-state index < -0.39 is 0 Å². The van der Waals surface area contributed by atoms with Gasteiger partial charge in [-0.05, 0) is 42.9 Å². The van der Waals surface area contributed by atoms with Gasteiger partial charge < -0.3 is 10.5 Å². The average molecular weight is 262 g/mol. The Bertz CT molecular complexity index is 373. The molecule has 3 N–H and O–H groups in total. The summed E-state index contributed by atoms with van der Waals surface area (Å²) < 4.78 is 5.15. The lowest BCUT2D eigenvalue weighted by Crippen LogP contribution is -2.08. The minimum absolute atomic E-state index is 0.311. The van der Waals surface area contributed by atoms with Crippen molar-refractivity contribution in [3.8, 4) is 5.75 Å². The van der Waals surface area contributed by atoms with Crippen LogP contribution >= 0.6 is 0 Å². The van der Waals surface area contributed by atoms with E-state index in [-0.39, 0.29) is 0 Å². The molecule has 3 nitrogen and oxygen atoms in total. The van der Waals surface area contributed by atoms with E-state index >= 15 is 0 Å². The molecule has 0 amide bonds. The van der Waals surface area contributed by atoms with E-state index in [1.54, 1.807) is 7.11 Å². The Morgan fingerprint density at radius 2 is 1.89 bits per heavy atom. The molecule has 0 aliphatic rings. The maximum atomic E-state index is 7.17. The van der Waals surface area contributed by atoms with Gasteiger partial charge in [0, 0.05) is 6.42 Å². The van der Waals surface area contributed by atoms with Gasteiger partial charge >= 0.3 is 0 Å². The highest BCUT2D eigenvalue weighted by Crippen LogP contribution is 2.18. The molecule has 106 valence electrons. The Hall–Kier alpha value is -1.51. The van der Waals surface area contributed by atoms with Gasteiger partial charge in [0.25, 0.3) is 0 Å². The highest BCUT2D eigenvalue weighted by molar-refractivity contribution is 5.76. The summed E-state index contributed by atoms with van der Waals surface area (Å²) in [6.45, 7) is 2.30. The summed E-state index contributed by atoms with van der Waals surface area (Å²) in [6.07, 6.45) is 6.52. The number of unbranched alkanes of at least 4 members (excludes halogenated alkanes) is 1. The zero-order chi connectivity index (χ0) is 14.1. The molecule has 1 atom stereocenters. The topological polar surface area (TPSA) is 59.1 Å². The van der Waals surface area contributed by atoms with Gasteiger partial charge in [0.15, 0.2) is 0 Å². The zero-order valence-electron chi connectivity index (χ0n) is 12.1. The van der Waals surface area contributed by atoms with Crippen molar-refractivity contribution in [2.45, 2.75) is 45.4 Å². The van der Waals surface area contributed by atoms with E-state index in [4.69, 9.17) is 15.9 Å². The molecule has 1 aromatic carbocycles. The SMILES string of the molecule is COc1ccc(CCC(C)CCCCC(=N)N)cc1. The summed E-state index contributed by atoms with van der Waals surface area (Å²) in [7, 11) is 1.69. The number of hydrogen-bond donors (Lipinski definition) is 2. The molecular weight excluding hydrogens is 236 g/mol.